The minimum atomic E-state index is 0.556. The number of nitrogens with one attached hydrogen (secondary N) is 1. The predicted molar refractivity (Wildman–Crippen MR) is 102 cm³/mol. The van der Waals surface area contributed by atoms with Crippen LogP contribution in [0.2, 0.25) is 0 Å². The quantitative estimate of drug-likeness (QED) is 0.818. The molecule has 0 aromatic heterocycles. The van der Waals surface area contributed by atoms with E-state index in [9.17, 15) is 0 Å². The first-order valence-electron chi connectivity index (χ1n) is 9.01. The van der Waals surface area contributed by atoms with Gasteiger partial charge in [0.15, 0.2) is 10.3 Å². The molecule has 0 aromatic carbocycles. The number of nitrogens with zero attached hydrogens (tertiary/aromatic N) is 3. The van der Waals surface area contributed by atoms with Crippen LogP contribution in [0.3, 0.4) is 0 Å². The lowest BCUT2D eigenvalue weighted by Crippen LogP contribution is -2.39. The summed E-state index contributed by atoms with van der Waals surface area (Å²) in [5, 5.41) is 8.29. The first-order chi connectivity index (χ1) is 11.3. The van der Waals surface area contributed by atoms with Gasteiger partial charge in [0.1, 0.15) is 0 Å². The van der Waals surface area contributed by atoms with Gasteiger partial charge in [0.2, 0.25) is 0 Å². The maximum Gasteiger partial charge on any atom is 0.168 e. The van der Waals surface area contributed by atoms with Gasteiger partial charge in [-0.25, -0.2) is 0 Å². The molecular weight excluding hydrogens is 324 g/mol. The molecule has 0 aromatic rings. The Morgan fingerprint density at radius 3 is 3.22 bits per heavy atom. The van der Waals surface area contributed by atoms with Crippen molar-refractivity contribution in [3.63, 3.8) is 0 Å². The highest BCUT2D eigenvalue weighted by atomic mass is 32.2. The molecule has 1 unspecified atom stereocenters. The lowest BCUT2D eigenvalue weighted by atomic mass is 9.91. The second kappa shape index (κ2) is 7.09. The van der Waals surface area contributed by atoms with E-state index in [1.165, 1.54) is 55.8 Å². The molecule has 23 heavy (non-hydrogen) atoms. The van der Waals surface area contributed by atoms with Crippen molar-refractivity contribution in [2.75, 3.05) is 12.3 Å². The summed E-state index contributed by atoms with van der Waals surface area (Å²) in [7, 11) is 0. The fourth-order valence-electron chi connectivity index (χ4n) is 3.90. The third-order valence-corrected chi connectivity index (χ3v) is 7.03. The minimum absolute atomic E-state index is 0.556. The average molecular weight is 351 g/mol. The van der Waals surface area contributed by atoms with Gasteiger partial charge in [0, 0.05) is 17.5 Å². The second-order valence-corrected chi connectivity index (χ2v) is 8.65. The van der Waals surface area contributed by atoms with Crippen LogP contribution in [0.1, 0.15) is 51.9 Å². The van der Waals surface area contributed by atoms with E-state index < -0.39 is 0 Å². The summed E-state index contributed by atoms with van der Waals surface area (Å²) in [6.45, 7) is 3.21. The molecule has 0 amide bonds. The maximum atomic E-state index is 4.95. The molecule has 3 aliphatic heterocycles. The van der Waals surface area contributed by atoms with Crippen LogP contribution >= 0.6 is 23.5 Å². The molecule has 1 fully saturated rings. The second-order valence-electron chi connectivity index (χ2n) is 6.85. The highest BCUT2D eigenvalue weighted by Crippen LogP contribution is 2.41. The molecule has 4 rings (SSSR count). The van der Waals surface area contributed by atoms with E-state index in [1.807, 2.05) is 23.5 Å². The highest BCUT2D eigenvalue weighted by molar-refractivity contribution is 8.17. The fourth-order valence-corrected chi connectivity index (χ4v) is 5.93. The standard InChI is InChI=1S/C17H26N4S2/c1-2-3-6-12-9-18-16(19-12)22-10-13-11-23-17-20-14-7-4-5-8-15(14)21(13)17/h11-12,14-15H,2-10H2,1H3,(H,18,19)/t12?,14-,15+/m0/s1. The van der Waals surface area contributed by atoms with Crippen molar-refractivity contribution in [3.05, 3.63) is 11.1 Å². The van der Waals surface area contributed by atoms with Crippen LogP contribution in [-0.4, -0.2) is 45.7 Å². The Kier molecular flexibility index (Phi) is 4.90. The number of hydrogen-bond donors (Lipinski definition) is 1. The Hall–Kier alpha value is -0.620. The molecule has 0 saturated heterocycles. The summed E-state index contributed by atoms with van der Waals surface area (Å²) >= 11 is 3.69. The van der Waals surface area contributed by atoms with Gasteiger partial charge in [-0.15, -0.1) is 0 Å². The molecule has 3 heterocycles. The predicted octanol–water partition coefficient (Wildman–Crippen LogP) is 3.81. The minimum Gasteiger partial charge on any atom is -0.360 e. The zero-order valence-electron chi connectivity index (χ0n) is 13.8. The first-order valence-corrected chi connectivity index (χ1v) is 10.9. The summed E-state index contributed by atoms with van der Waals surface area (Å²) in [4.78, 5) is 12.2. The molecule has 3 atom stereocenters. The molecule has 4 aliphatic rings. The van der Waals surface area contributed by atoms with Crippen LogP contribution in [0.5, 0.6) is 0 Å². The van der Waals surface area contributed by atoms with Crippen LogP contribution < -0.4 is 5.32 Å². The number of amidine groups is 2. The van der Waals surface area contributed by atoms with Crippen LogP contribution in [0.4, 0.5) is 0 Å². The fraction of sp³-hybridized carbons (Fsp3) is 0.765. The molecule has 1 saturated carbocycles. The molecule has 0 bridgehead atoms. The van der Waals surface area contributed by atoms with E-state index >= 15 is 0 Å². The number of unbranched alkanes of at least 4 members (excludes halogenated alkanes) is 1. The average Bonchev–Trinajstić information content (AvgIpc) is 3.26. The number of hydrogen-bond acceptors (Lipinski definition) is 6. The van der Waals surface area contributed by atoms with Crippen LogP contribution in [0, 0.1) is 0 Å². The Balaban J connectivity index is 1.30. The Morgan fingerprint density at radius 1 is 1.39 bits per heavy atom. The zero-order chi connectivity index (χ0) is 15.6. The van der Waals surface area contributed by atoms with Gasteiger partial charge in [-0.1, -0.05) is 56.1 Å². The summed E-state index contributed by atoms with van der Waals surface area (Å²) < 4.78 is 0. The highest BCUT2D eigenvalue weighted by Gasteiger charge is 2.41. The van der Waals surface area contributed by atoms with Crippen LogP contribution in [0.15, 0.2) is 21.1 Å². The lowest BCUT2D eigenvalue weighted by molar-refractivity contribution is 0.285. The normalized spacial score (nSPS) is 32.1. The smallest absolute Gasteiger partial charge is 0.168 e. The van der Waals surface area contributed by atoms with Crippen molar-refractivity contribution >= 4 is 33.9 Å². The molecule has 0 radical (unpaired) electrons. The van der Waals surface area contributed by atoms with Gasteiger partial charge in [0.25, 0.3) is 0 Å². The summed E-state index contributed by atoms with van der Waals surface area (Å²) in [6.07, 6.45) is 9.10. The van der Waals surface area contributed by atoms with Gasteiger partial charge in [-0.2, -0.15) is 0 Å². The largest absolute Gasteiger partial charge is 0.360 e. The molecular formula is C17H26N4S2. The first kappa shape index (κ1) is 15.9. The lowest BCUT2D eigenvalue weighted by Gasteiger charge is -2.31. The van der Waals surface area contributed by atoms with E-state index in [-0.39, 0.29) is 0 Å². The summed E-state index contributed by atoms with van der Waals surface area (Å²) in [6, 6.07) is 1.76. The SMILES string of the molecule is CCCCC1CN=C(SCC2=CSC3=N[C@H]4CCCC[C@H]4N23)N1. The molecule has 1 aliphatic carbocycles. The van der Waals surface area contributed by atoms with Crippen molar-refractivity contribution in [3.8, 4) is 0 Å². The molecule has 4 nitrogen and oxygen atoms in total. The topological polar surface area (TPSA) is 40.0 Å². The molecule has 126 valence electrons. The maximum absolute atomic E-state index is 4.95. The van der Waals surface area contributed by atoms with Gasteiger partial charge in [-0.05, 0) is 24.7 Å². The summed E-state index contributed by atoms with van der Waals surface area (Å²) in [5.41, 5.74) is 1.44. The van der Waals surface area contributed by atoms with E-state index in [1.54, 1.807) is 0 Å². The van der Waals surface area contributed by atoms with Gasteiger partial charge in [0.05, 0.1) is 18.6 Å². The van der Waals surface area contributed by atoms with Crippen molar-refractivity contribution in [1.82, 2.24) is 10.2 Å². The van der Waals surface area contributed by atoms with Crippen molar-refractivity contribution in [1.29, 1.82) is 0 Å². The van der Waals surface area contributed by atoms with E-state index in [0.717, 1.165) is 17.5 Å². The number of thioether (sulfide) groups is 2. The van der Waals surface area contributed by atoms with Crippen LogP contribution in [-0.2, 0) is 0 Å². The van der Waals surface area contributed by atoms with E-state index in [2.05, 4.69) is 27.5 Å². The zero-order valence-corrected chi connectivity index (χ0v) is 15.5. The van der Waals surface area contributed by atoms with Crippen molar-refractivity contribution in [2.24, 2.45) is 9.98 Å². The van der Waals surface area contributed by atoms with Crippen molar-refractivity contribution < 1.29 is 0 Å². The number of fused-ring (bicyclic) bond motifs is 3. The molecule has 6 heteroatoms. The van der Waals surface area contributed by atoms with Crippen LogP contribution in [0.25, 0.3) is 0 Å². The Bertz CT molecular complexity index is 543. The molecule has 1 N–H and O–H groups in total. The van der Waals surface area contributed by atoms with E-state index in [4.69, 9.17) is 4.99 Å². The monoisotopic (exact) mass is 350 g/mol. The third kappa shape index (κ3) is 3.29. The van der Waals surface area contributed by atoms with E-state index in [0.29, 0.717) is 18.1 Å². The third-order valence-electron chi connectivity index (χ3n) is 5.16. The van der Waals surface area contributed by atoms with Gasteiger partial charge < -0.3 is 10.2 Å². The number of aliphatic imine (C=N–C) groups is 2. The Labute approximate surface area is 147 Å². The summed E-state index contributed by atoms with van der Waals surface area (Å²) in [5.74, 6) is 1.02. The van der Waals surface area contributed by atoms with Crippen molar-refractivity contribution in [2.45, 2.75) is 70.0 Å². The molecule has 0 spiro atoms. The van der Waals surface area contributed by atoms with Gasteiger partial charge in [-0.3, -0.25) is 9.98 Å². The van der Waals surface area contributed by atoms with Gasteiger partial charge >= 0.3 is 0 Å². The number of rotatable bonds is 5. The Morgan fingerprint density at radius 2 is 2.30 bits per heavy atom.